The van der Waals surface area contributed by atoms with Gasteiger partial charge in [-0.05, 0) is 81.5 Å². The molecule has 0 spiro atoms. The maximum Gasteiger partial charge on any atom is 0.277 e. The zero-order valence-corrected chi connectivity index (χ0v) is 15.7. The van der Waals surface area contributed by atoms with Gasteiger partial charge >= 0.3 is 0 Å². The molecule has 6 rings (SSSR count). The van der Waals surface area contributed by atoms with Gasteiger partial charge in [0.15, 0.2) is 0 Å². The predicted octanol–water partition coefficient (Wildman–Crippen LogP) is 3.76. The molecule has 5 fully saturated rings. The maximum atomic E-state index is 12.5. The summed E-state index contributed by atoms with van der Waals surface area (Å²) in [6, 6.07) is 0.277. The second-order valence-electron chi connectivity index (χ2n) is 9.04. The van der Waals surface area contributed by atoms with Crippen LogP contribution in [0.1, 0.15) is 70.1 Å². The lowest BCUT2D eigenvalue weighted by atomic mass is 9.48. The molecule has 1 aromatic heterocycles. The number of nitrogens with zero attached hydrogens (tertiary/aromatic N) is 2. The lowest BCUT2D eigenvalue weighted by molar-refractivity contribution is -0.123. The van der Waals surface area contributed by atoms with Gasteiger partial charge in [-0.15, -0.1) is 10.2 Å². The smallest absolute Gasteiger partial charge is 0.277 e. The van der Waals surface area contributed by atoms with E-state index in [-0.39, 0.29) is 11.9 Å². The third kappa shape index (κ3) is 3.11. The number of hydrogen-bond acceptors (Lipinski definition) is 5. The van der Waals surface area contributed by atoms with Crippen molar-refractivity contribution in [1.29, 1.82) is 0 Å². The van der Waals surface area contributed by atoms with Gasteiger partial charge in [-0.2, -0.15) is 0 Å². The normalized spacial score (nSPS) is 37.2. The fourth-order valence-corrected chi connectivity index (χ4v) is 6.63. The summed E-state index contributed by atoms with van der Waals surface area (Å²) < 4.78 is 5.62. The molecule has 1 N–H and O–H groups in total. The molecule has 6 heteroatoms. The van der Waals surface area contributed by atoms with Crippen molar-refractivity contribution in [3.8, 4) is 0 Å². The molecular formula is C19H27N3O2S. The van der Waals surface area contributed by atoms with Crippen LogP contribution in [-0.4, -0.2) is 27.9 Å². The van der Waals surface area contributed by atoms with Crippen molar-refractivity contribution in [2.75, 3.05) is 5.75 Å². The van der Waals surface area contributed by atoms with E-state index in [1.165, 1.54) is 50.3 Å². The average Bonchev–Trinajstić information content (AvgIpc) is 3.30. The van der Waals surface area contributed by atoms with Gasteiger partial charge in [-0.1, -0.05) is 11.8 Å². The highest BCUT2D eigenvalue weighted by atomic mass is 32.2. The Bertz CT molecular complexity index is 634. The van der Waals surface area contributed by atoms with E-state index in [1.54, 1.807) is 0 Å². The van der Waals surface area contributed by atoms with Crippen LogP contribution in [0.2, 0.25) is 0 Å². The molecule has 0 aliphatic heterocycles. The molecule has 0 unspecified atom stereocenters. The van der Waals surface area contributed by atoms with Crippen molar-refractivity contribution in [2.24, 2.45) is 23.2 Å². The highest BCUT2D eigenvalue weighted by Crippen LogP contribution is 2.61. The van der Waals surface area contributed by atoms with Gasteiger partial charge in [0.2, 0.25) is 11.8 Å². The van der Waals surface area contributed by atoms with Gasteiger partial charge in [0, 0.05) is 12.0 Å². The molecule has 136 valence electrons. The van der Waals surface area contributed by atoms with Crippen LogP contribution < -0.4 is 5.32 Å². The number of hydrogen-bond donors (Lipinski definition) is 1. The first-order valence-corrected chi connectivity index (χ1v) is 10.8. The lowest BCUT2D eigenvalue weighted by Crippen LogP contribution is -2.56. The summed E-state index contributed by atoms with van der Waals surface area (Å²) in [7, 11) is 0. The first-order chi connectivity index (χ1) is 12.1. The van der Waals surface area contributed by atoms with Gasteiger partial charge in [-0.25, -0.2) is 0 Å². The first kappa shape index (κ1) is 16.2. The summed E-state index contributed by atoms with van der Waals surface area (Å²) in [5, 5.41) is 12.0. The van der Waals surface area contributed by atoms with E-state index in [0.717, 1.165) is 36.5 Å². The van der Waals surface area contributed by atoms with Crippen molar-refractivity contribution < 1.29 is 9.21 Å². The van der Waals surface area contributed by atoms with Gasteiger partial charge in [0.25, 0.3) is 5.22 Å². The Balaban J connectivity index is 1.16. The van der Waals surface area contributed by atoms with Crippen molar-refractivity contribution in [1.82, 2.24) is 15.5 Å². The van der Waals surface area contributed by atoms with Gasteiger partial charge < -0.3 is 9.73 Å². The Hall–Kier alpha value is -1.04. The third-order valence-corrected chi connectivity index (χ3v) is 7.88. The molecule has 1 aromatic rings. The SMILES string of the molecule is C[C@H](NC(=O)CSc1nnc(C2CC2)o1)C12CC3CC(CC(C3)C1)C2. The molecule has 1 heterocycles. The number of carbonyl (C=O) groups excluding carboxylic acids is 1. The molecule has 0 radical (unpaired) electrons. The standard InChI is InChI=1S/C19H27N3O2S/c1-11(19-7-12-4-13(8-19)6-14(5-12)9-19)20-16(23)10-25-18-22-21-17(24-18)15-2-3-15/h11-15H,2-10H2,1H3,(H,20,23)/t11-,12?,13?,14?,19?/m0/s1. The van der Waals surface area contributed by atoms with Crippen molar-refractivity contribution in [3.05, 3.63) is 5.89 Å². The molecule has 25 heavy (non-hydrogen) atoms. The van der Waals surface area contributed by atoms with E-state index in [2.05, 4.69) is 22.4 Å². The fourth-order valence-electron chi connectivity index (χ4n) is 6.05. The molecular weight excluding hydrogens is 334 g/mol. The summed E-state index contributed by atoms with van der Waals surface area (Å²) in [5.41, 5.74) is 0.360. The molecule has 0 aromatic carbocycles. The topological polar surface area (TPSA) is 68.0 Å². The summed E-state index contributed by atoms with van der Waals surface area (Å²) in [6.45, 7) is 2.23. The number of carbonyl (C=O) groups is 1. The van der Waals surface area contributed by atoms with Crippen LogP contribution in [0.5, 0.6) is 0 Å². The van der Waals surface area contributed by atoms with Crippen LogP contribution in [0.3, 0.4) is 0 Å². The summed E-state index contributed by atoms with van der Waals surface area (Å²) in [4.78, 5) is 12.5. The minimum atomic E-state index is 0.0967. The largest absolute Gasteiger partial charge is 0.416 e. The van der Waals surface area contributed by atoms with E-state index < -0.39 is 0 Å². The second-order valence-corrected chi connectivity index (χ2v) is 9.96. The van der Waals surface area contributed by atoms with Crippen LogP contribution >= 0.6 is 11.8 Å². The quantitative estimate of drug-likeness (QED) is 0.781. The Kier molecular flexibility index (Phi) is 3.88. The maximum absolute atomic E-state index is 12.5. The highest BCUT2D eigenvalue weighted by Gasteiger charge is 2.53. The van der Waals surface area contributed by atoms with Crippen molar-refractivity contribution >= 4 is 17.7 Å². The molecule has 5 saturated carbocycles. The van der Waals surface area contributed by atoms with Crippen LogP contribution in [0.15, 0.2) is 9.64 Å². The average molecular weight is 362 g/mol. The molecule has 5 aliphatic rings. The fraction of sp³-hybridized carbons (Fsp3) is 0.842. The zero-order valence-electron chi connectivity index (χ0n) is 14.9. The van der Waals surface area contributed by atoms with E-state index >= 15 is 0 Å². The first-order valence-electron chi connectivity index (χ1n) is 9.85. The van der Waals surface area contributed by atoms with E-state index in [4.69, 9.17) is 4.42 Å². The lowest BCUT2D eigenvalue weighted by Gasteiger charge is -2.59. The second kappa shape index (κ2) is 6.00. The van der Waals surface area contributed by atoms with Crippen LogP contribution in [-0.2, 0) is 4.79 Å². The van der Waals surface area contributed by atoms with E-state index in [1.807, 2.05) is 0 Å². The van der Waals surface area contributed by atoms with Gasteiger partial charge in [-0.3, -0.25) is 4.79 Å². The van der Waals surface area contributed by atoms with Gasteiger partial charge in [0.1, 0.15) is 0 Å². The van der Waals surface area contributed by atoms with Crippen molar-refractivity contribution in [2.45, 2.75) is 75.5 Å². The zero-order chi connectivity index (χ0) is 17.0. The number of amides is 1. The highest BCUT2D eigenvalue weighted by molar-refractivity contribution is 7.99. The Morgan fingerprint density at radius 2 is 1.84 bits per heavy atom. The molecule has 0 saturated heterocycles. The van der Waals surface area contributed by atoms with Gasteiger partial charge in [0.05, 0.1) is 5.75 Å². The van der Waals surface area contributed by atoms with Crippen LogP contribution in [0, 0.1) is 23.2 Å². The van der Waals surface area contributed by atoms with E-state index in [9.17, 15) is 4.79 Å². The minimum Gasteiger partial charge on any atom is -0.416 e. The van der Waals surface area contributed by atoms with E-state index in [0.29, 0.717) is 22.3 Å². The molecule has 5 aliphatic carbocycles. The summed E-state index contributed by atoms with van der Waals surface area (Å²) in [5.74, 6) is 4.41. The monoisotopic (exact) mass is 361 g/mol. The molecule has 5 nitrogen and oxygen atoms in total. The van der Waals surface area contributed by atoms with Crippen molar-refractivity contribution in [3.63, 3.8) is 0 Å². The minimum absolute atomic E-state index is 0.0967. The third-order valence-electron chi connectivity index (χ3n) is 7.06. The summed E-state index contributed by atoms with van der Waals surface area (Å²) >= 11 is 1.36. The Morgan fingerprint density at radius 1 is 1.20 bits per heavy atom. The molecule has 1 amide bonds. The molecule has 4 bridgehead atoms. The van der Waals surface area contributed by atoms with Crippen LogP contribution in [0.25, 0.3) is 0 Å². The number of aromatic nitrogens is 2. The number of thioether (sulfide) groups is 1. The molecule has 1 atom stereocenters. The number of rotatable bonds is 6. The van der Waals surface area contributed by atoms with Crippen LogP contribution in [0.4, 0.5) is 0 Å². The number of nitrogens with one attached hydrogen (secondary N) is 1. The summed E-state index contributed by atoms with van der Waals surface area (Å²) in [6.07, 6.45) is 10.6. The Morgan fingerprint density at radius 3 is 2.44 bits per heavy atom. The predicted molar refractivity (Wildman–Crippen MR) is 95.2 cm³/mol. The Labute approximate surface area is 153 Å².